The second-order valence-electron chi connectivity index (χ2n) is 2.28. The minimum atomic E-state index is -0.951. The van der Waals surface area contributed by atoms with Crippen LogP contribution in [0.3, 0.4) is 0 Å². The lowest BCUT2D eigenvalue weighted by molar-refractivity contribution is -0.140. The van der Waals surface area contributed by atoms with Crippen molar-refractivity contribution in [3.63, 3.8) is 0 Å². The summed E-state index contributed by atoms with van der Waals surface area (Å²) < 4.78 is 0. The topological polar surface area (TPSA) is 66.4 Å². The molecular formula is C6H9NO3S. The summed E-state index contributed by atoms with van der Waals surface area (Å²) in [6, 6.07) is -0.699. The molecule has 1 fully saturated rings. The molecule has 0 aliphatic carbocycles. The highest BCUT2D eigenvalue weighted by Crippen LogP contribution is 2.09. The molecule has 0 saturated carbocycles. The molecule has 0 aromatic carbocycles. The van der Waals surface area contributed by atoms with E-state index in [0.717, 1.165) is 5.75 Å². The lowest BCUT2D eigenvalue weighted by atomic mass is 10.3. The maximum atomic E-state index is 10.8. The van der Waals surface area contributed by atoms with Crippen LogP contribution in [0, 0.1) is 0 Å². The molecule has 2 N–H and O–H groups in total. The predicted molar refractivity (Wildman–Crippen MR) is 41.5 cm³/mol. The van der Waals surface area contributed by atoms with E-state index in [1.54, 1.807) is 0 Å². The van der Waals surface area contributed by atoms with Crippen molar-refractivity contribution in [2.24, 2.45) is 0 Å². The highest BCUT2D eigenvalue weighted by Gasteiger charge is 2.22. The normalized spacial score (nSPS) is 25.5. The van der Waals surface area contributed by atoms with E-state index in [4.69, 9.17) is 5.11 Å². The van der Waals surface area contributed by atoms with Gasteiger partial charge in [0.05, 0.1) is 0 Å². The van der Waals surface area contributed by atoms with Gasteiger partial charge in [0.1, 0.15) is 6.04 Å². The van der Waals surface area contributed by atoms with Gasteiger partial charge in [0, 0.05) is 17.9 Å². The number of carbonyl (C=O) groups is 2. The Morgan fingerprint density at radius 1 is 1.73 bits per heavy atom. The molecule has 0 spiro atoms. The van der Waals surface area contributed by atoms with E-state index in [-0.39, 0.29) is 5.91 Å². The van der Waals surface area contributed by atoms with Crippen molar-refractivity contribution in [3.05, 3.63) is 0 Å². The Hall–Kier alpha value is -0.710. The van der Waals surface area contributed by atoms with E-state index in [2.05, 4.69) is 5.32 Å². The van der Waals surface area contributed by atoms with Gasteiger partial charge in [0.2, 0.25) is 5.91 Å². The number of rotatable bonds is 1. The average Bonchev–Trinajstić information content (AvgIpc) is 2.13. The minimum Gasteiger partial charge on any atom is -0.480 e. The summed E-state index contributed by atoms with van der Waals surface area (Å²) in [7, 11) is 0. The second-order valence-corrected chi connectivity index (χ2v) is 3.43. The third-order valence-corrected chi connectivity index (χ3v) is 2.45. The maximum absolute atomic E-state index is 10.8. The molecule has 11 heavy (non-hydrogen) atoms. The van der Waals surface area contributed by atoms with Crippen LogP contribution in [0.2, 0.25) is 0 Å². The summed E-state index contributed by atoms with van der Waals surface area (Å²) >= 11 is 1.49. The minimum absolute atomic E-state index is 0.164. The van der Waals surface area contributed by atoms with Crippen molar-refractivity contribution in [2.45, 2.75) is 12.5 Å². The van der Waals surface area contributed by atoms with Crippen LogP contribution >= 0.6 is 11.8 Å². The Morgan fingerprint density at radius 2 is 2.45 bits per heavy atom. The number of hydrogen-bond donors (Lipinski definition) is 2. The van der Waals surface area contributed by atoms with Gasteiger partial charge in [-0.1, -0.05) is 0 Å². The van der Waals surface area contributed by atoms with Gasteiger partial charge < -0.3 is 10.4 Å². The number of hydrogen-bond acceptors (Lipinski definition) is 3. The van der Waals surface area contributed by atoms with Crippen molar-refractivity contribution in [1.29, 1.82) is 0 Å². The molecule has 1 unspecified atom stereocenters. The fourth-order valence-electron chi connectivity index (χ4n) is 0.807. The molecule has 4 nitrogen and oxygen atoms in total. The fraction of sp³-hybridized carbons (Fsp3) is 0.667. The molecule has 0 bridgehead atoms. The van der Waals surface area contributed by atoms with Gasteiger partial charge in [-0.25, -0.2) is 4.79 Å². The third kappa shape index (κ3) is 2.42. The molecule has 1 atom stereocenters. The molecule has 0 radical (unpaired) electrons. The SMILES string of the molecule is O=C1CCSCC(C(=O)O)N1. The Balaban J connectivity index is 2.52. The van der Waals surface area contributed by atoms with Crippen LogP contribution in [0.1, 0.15) is 6.42 Å². The highest BCUT2D eigenvalue weighted by molar-refractivity contribution is 7.99. The number of amides is 1. The van der Waals surface area contributed by atoms with Crippen LogP contribution in [0.4, 0.5) is 0 Å². The number of carboxylic acids is 1. The zero-order valence-electron chi connectivity index (χ0n) is 5.87. The molecular weight excluding hydrogens is 166 g/mol. The van der Waals surface area contributed by atoms with Gasteiger partial charge in [-0.2, -0.15) is 11.8 Å². The van der Waals surface area contributed by atoms with Gasteiger partial charge in [0.15, 0.2) is 0 Å². The first kappa shape index (κ1) is 8.39. The zero-order chi connectivity index (χ0) is 8.27. The molecule has 1 amide bonds. The molecule has 0 aromatic heterocycles. The molecule has 5 heteroatoms. The van der Waals surface area contributed by atoms with E-state index < -0.39 is 12.0 Å². The van der Waals surface area contributed by atoms with Gasteiger partial charge in [-0.05, 0) is 0 Å². The van der Waals surface area contributed by atoms with Crippen LogP contribution in [0.25, 0.3) is 0 Å². The molecule has 62 valence electrons. The number of thioether (sulfide) groups is 1. The summed E-state index contributed by atoms with van der Waals surface area (Å²) in [5.41, 5.74) is 0. The molecule has 0 aromatic rings. The van der Waals surface area contributed by atoms with Gasteiger partial charge in [0.25, 0.3) is 0 Å². The molecule has 1 aliphatic heterocycles. The fourth-order valence-corrected chi connectivity index (χ4v) is 1.77. The Kier molecular flexibility index (Phi) is 2.76. The largest absolute Gasteiger partial charge is 0.480 e. The quantitative estimate of drug-likeness (QED) is 0.574. The number of aliphatic carboxylic acids is 1. The van der Waals surface area contributed by atoms with Gasteiger partial charge >= 0.3 is 5.97 Å². The first-order chi connectivity index (χ1) is 5.20. The number of carbonyl (C=O) groups excluding carboxylic acids is 1. The molecule has 1 heterocycles. The van der Waals surface area contributed by atoms with Crippen molar-refractivity contribution in [3.8, 4) is 0 Å². The van der Waals surface area contributed by atoms with E-state index in [1.807, 2.05) is 0 Å². The maximum Gasteiger partial charge on any atom is 0.327 e. The average molecular weight is 175 g/mol. The smallest absolute Gasteiger partial charge is 0.327 e. The summed E-state index contributed by atoms with van der Waals surface area (Å²) in [6.07, 6.45) is 0.425. The van der Waals surface area contributed by atoms with Crippen molar-refractivity contribution >= 4 is 23.6 Å². The van der Waals surface area contributed by atoms with Crippen LogP contribution in [-0.2, 0) is 9.59 Å². The summed E-state index contributed by atoms with van der Waals surface area (Å²) in [4.78, 5) is 21.2. The second kappa shape index (κ2) is 3.61. The first-order valence-electron chi connectivity index (χ1n) is 3.30. The lowest BCUT2D eigenvalue weighted by Gasteiger charge is -2.08. The Bertz CT molecular complexity index is 183. The number of carboxylic acid groups (broad SMARTS) is 1. The molecule has 1 rings (SSSR count). The van der Waals surface area contributed by atoms with Crippen LogP contribution in [0.5, 0.6) is 0 Å². The van der Waals surface area contributed by atoms with Crippen LogP contribution in [0.15, 0.2) is 0 Å². The highest BCUT2D eigenvalue weighted by atomic mass is 32.2. The van der Waals surface area contributed by atoms with Gasteiger partial charge in [-0.15, -0.1) is 0 Å². The summed E-state index contributed by atoms with van der Waals surface area (Å²) in [5.74, 6) is 0.0756. The van der Waals surface area contributed by atoms with E-state index in [9.17, 15) is 9.59 Å². The Morgan fingerprint density at radius 3 is 3.09 bits per heavy atom. The standard InChI is InChI=1S/C6H9NO3S/c8-5-1-2-11-3-4(7-5)6(9)10/h4H,1-3H2,(H,7,8)(H,9,10). The van der Waals surface area contributed by atoms with E-state index in [1.165, 1.54) is 11.8 Å². The third-order valence-electron chi connectivity index (χ3n) is 1.39. The van der Waals surface area contributed by atoms with Crippen LogP contribution in [-0.4, -0.2) is 34.5 Å². The zero-order valence-corrected chi connectivity index (χ0v) is 6.69. The first-order valence-corrected chi connectivity index (χ1v) is 4.45. The summed E-state index contributed by atoms with van der Waals surface area (Å²) in [6.45, 7) is 0. The van der Waals surface area contributed by atoms with E-state index in [0.29, 0.717) is 12.2 Å². The molecule has 1 aliphatic rings. The molecule has 1 saturated heterocycles. The summed E-state index contributed by atoms with van der Waals surface area (Å²) in [5, 5.41) is 11.0. The Labute approximate surface area is 68.3 Å². The van der Waals surface area contributed by atoms with Crippen molar-refractivity contribution < 1.29 is 14.7 Å². The van der Waals surface area contributed by atoms with Crippen molar-refractivity contribution in [2.75, 3.05) is 11.5 Å². The van der Waals surface area contributed by atoms with Crippen LogP contribution < -0.4 is 5.32 Å². The number of nitrogens with one attached hydrogen (secondary N) is 1. The van der Waals surface area contributed by atoms with E-state index >= 15 is 0 Å². The monoisotopic (exact) mass is 175 g/mol. The lowest BCUT2D eigenvalue weighted by Crippen LogP contribution is -2.40. The van der Waals surface area contributed by atoms with Crippen molar-refractivity contribution in [1.82, 2.24) is 5.32 Å². The van der Waals surface area contributed by atoms with Gasteiger partial charge in [-0.3, -0.25) is 4.79 Å². The predicted octanol–water partition coefficient (Wildman–Crippen LogP) is -0.307.